The number of ether oxygens (including phenoxy) is 2. The minimum absolute atomic E-state index is 0.192. The van der Waals surface area contributed by atoms with Gasteiger partial charge in [0.2, 0.25) is 0 Å². The van der Waals surface area contributed by atoms with Crippen molar-refractivity contribution in [3.8, 4) is 0 Å². The Morgan fingerprint density at radius 3 is 0.718 bits per heavy atom. The molecule has 0 heterocycles. The Hall–Kier alpha value is 2.50. The molecule has 0 bridgehead atoms. The van der Waals surface area contributed by atoms with Crippen LogP contribution in [-0.2, 0) is 37.5 Å². The van der Waals surface area contributed by atoms with Gasteiger partial charge < -0.3 is 23.3 Å². The molecule has 0 rings (SSSR count). The average Bonchev–Trinajstić information content (AvgIpc) is 0.722. The molecular weight excluding hydrogens is 1250 g/mol. The molecule has 0 atom stereocenters. The number of rotatable bonds is 45. The van der Waals surface area contributed by atoms with Crippen molar-refractivity contribution in [1.82, 2.24) is 0 Å². The molecular formula is C20H33B68F6O8P. The third kappa shape index (κ3) is 41.6. The number of alkyl halides is 6. The van der Waals surface area contributed by atoms with Gasteiger partial charge >= 0.3 is 31.9 Å². The Balaban J connectivity index is -0.00000112. The summed E-state index contributed by atoms with van der Waals surface area (Å²) in [5.74, 6) is -1.16. The van der Waals surface area contributed by atoms with Gasteiger partial charge in [0.1, 0.15) is 12.4 Å². The van der Waals surface area contributed by atoms with E-state index in [0.29, 0.717) is 0 Å². The van der Waals surface area contributed by atoms with Crippen LogP contribution in [0, 0.1) is 0 Å². The Morgan fingerprint density at radius 2 is 0.534 bits per heavy atom. The van der Waals surface area contributed by atoms with Crippen molar-refractivity contribution in [2.45, 2.75) is 65.7 Å². The Labute approximate surface area is 676 Å². The SMILES string of the molecule is CCOC(=O)/C=C/CCC(F)(F)F.CCOC(=O)CP(=O)(OCC)OCC.O=CCCC(F)(F)F.[B]B([B])B([B])B(B(B([B])[B])B([B])[B])B(B(B([B])[B])B([B])[B])B(B(B(B([B])[B])B([B])[B])B(B([B])[B])B([B])[B])B(B(B(B([B])[B])B([B])[B])B(B([B])[B])B([B])[B])B(B(B([B])[B])B([B])[B])B(B([B])[B])B([B])[B]. The quantitative estimate of drug-likeness (QED) is 0.0148. The van der Waals surface area contributed by atoms with Gasteiger partial charge in [0.25, 0.3) is 0 Å². The van der Waals surface area contributed by atoms with Crippen molar-refractivity contribution in [3.05, 3.63) is 12.2 Å². The lowest BCUT2D eigenvalue weighted by atomic mass is 8.21. The van der Waals surface area contributed by atoms with E-state index in [2.05, 4.69) is 9.47 Å². The molecule has 0 aliphatic heterocycles. The van der Waals surface area contributed by atoms with Gasteiger partial charge in [-0.2, -0.15) is 26.3 Å². The molecule has 8 nitrogen and oxygen atoms in total. The molecule has 0 saturated carbocycles. The lowest BCUT2D eigenvalue weighted by Gasteiger charge is -2.60. The van der Waals surface area contributed by atoms with Crippen LogP contribution in [0.3, 0.4) is 0 Å². The van der Waals surface area contributed by atoms with Crippen molar-refractivity contribution in [2.24, 2.45) is 0 Å². The third-order valence-corrected chi connectivity index (χ3v) is 19.1. The van der Waals surface area contributed by atoms with Gasteiger partial charge in [0.05, 0.1) is 32.8 Å². The largest absolute Gasteiger partial charge is 0.466 e. The van der Waals surface area contributed by atoms with Crippen LogP contribution in [-0.4, -0.2) is 545 Å². The topological polar surface area (TPSA) is 105 Å². The summed E-state index contributed by atoms with van der Waals surface area (Å²) in [5, 5.41) is 0. The fraction of sp³-hybridized carbons (Fsp3) is 0.750. The van der Waals surface area contributed by atoms with Gasteiger partial charge in [-0.1, -0.05) is 6.08 Å². The number of allylic oxidation sites excluding steroid dienone is 1. The molecule has 0 amide bonds. The first-order chi connectivity index (χ1) is 47.0. The zero-order valence-electron chi connectivity index (χ0n) is 59.3. The number of carbonyl (C=O) groups is 3. The van der Waals surface area contributed by atoms with Gasteiger partial charge in [-0.3, -0.25) is 9.36 Å². The summed E-state index contributed by atoms with van der Waals surface area (Å²) in [6.07, 6.45) is -59.4. The lowest BCUT2D eigenvalue weighted by molar-refractivity contribution is -0.140. The molecule has 0 aliphatic carbocycles. The number of halogens is 6. The van der Waals surface area contributed by atoms with Crippen LogP contribution in [0.15, 0.2) is 12.2 Å². The van der Waals surface area contributed by atoms with E-state index >= 15 is 0 Å². The molecule has 0 aromatic carbocycles. The van der Waals surface area contributed by atoms with Crippen molar-refractivity contribution < 1.29 is 63.8 Å². The first-order valence-electron chi connectivity index (χ1n) is 32.9. The summed E-state index contributed by atoms with van der Waals surface area (Å²) in [6, 6.07) is 0. The van der Waals surface area contributed by atoms with Gasteiger partial charge in [-0.25, -0.2) is 4.79 Å². The van der Waals surface area contributed by atoms with Crippen molar-refractivity contribution in [1.29, 1.82) is 0 Å². The smallest absolute Gasteiger partial charge is 0.389 e. The fourth-order valence-corrected chi connectivity index (χ4v) is 15.0. The molecule has 0 spiro atoms. The van der Waals surface area contributed by atoms with Crippen LogP contribution in [0.4, 0.5) is 26.3 Å². The molecule has 0 aromatic heterocycles. The first-order valence-corrected chi connectivity index (χ1v) is 34.6. The monoisotopic (exact) mass is 1290 g/mol. The van der Waals surface area contributed by atoms with E-state index < -0.39 is 262 Å². The van der Waals surface area contributed by atoms with Crippen LogP contribution in [0.5, 0.6) is 0 Å². The van der Waals surface area contributed by atoms with Crippen molar-refractivity contribution in [3.63, 3.8) is 0 Å². The molecule has 70 radical (unpaired) electrons. The molecule has 83 heteroatoms. The molecule has 412 valence electrons. The summed E-state index contributed by atoms with van der Waals surface area (Å²) < 4.78 is 98.7. The van der Waals surface area contributed by atoms with Crippen molar-refractivity contribution in [2.75, 3.05) is 32.6 Å². The zero-order valence-corrected chi connectivity index (χ0v) is 60.2. The number of aldehydes is 1. The Kier molecular flexibility index (Phi) is 60.7. The highest BCUT2D eigenvalue weighted by Gasteiger charge is 2.64. The van der Waals surface area contributed by atoms with E-state index in [1.807, 2.05) is 0 Å². The highest BCUT2D eigenvalue weighted by Crippen LogP contribution is 2.47. The third-order valence-electron chi connectivity index (χ3n) is 17.2. The maximum Gasteiger partial charge on any atom is 0.389 e. The fourth-order valence-electron chi connectivity index (χ4n) is 13.5. The molecule has 0 N–H and O–H groups in total. The normalized spacial score (nSPS) is 10.4. The van der Waals surface area contributed by atoms with Gasteiger partial charge in [-0.15, -0.1) is 0 Å². The van der Waals surface area contributed by atoms with Crippen LogP contribution in [0.25, 0.3) is 0 Å². The van der Waals surface area contributed by atoms with Crippen LogP contribution in [0.1, 0.15) is 53.4 Å². The summed E-state index contributed by atoms with van der Waals surface area (Å²) in [6.45, 7) is 7.67. The van der Waals surface area contributed by atoms with Gasteiger partial charge in [0.15, 0.2) is 0 Å². The maximum absolute atomic E-state index is 11.8. The standard InChI is InChI=1S/C8H11F3O2.C8H17O5P.C4H5F3O.B68/c1-2-13-7(12)5-3-4-6-8(9,10)11;1-4-11-8(9)7-14(10,12-5-2)13-6-3;5-4(6,7)2-1-3-8;1-36(2)53(35)62(54(37(3)4)38(5)6)66(61(51(31)32)52(33)34)68(65(59(47(23)24)48(25)26)60(49(27)28)50(29)30)67(63(55(39(7)8)40(9)10)56(41(11)12)42(13)14)64(57(43(15)16)44(17)18)58(45(19)20)46(21)22/h3,5H,2,4,6H2,1H3;4-7H2,1-3H3;3H,1-2H2;/b5-3+;;;. The van der Waals surface area contributed by atoms with Gasteiger partial charge in [0, 0.05) is 500 Å². The van der Waals surface area contributed by atoms with E-state index in [4.69, 9.17) is 280 Å². The molecule has 0 unspecified atom stereocenters. The molecule has 0 saturated heterocycles. The number of hydrogen-bond acceptors (Lipinski definition) is 8. The molecule has 0 aliphatic rings. The van der Waals surface area contributed by atoms with Crippen LogP contribution >= 0.6 is 7.60 Å². The highest BCUT2D eigenvalue weighted by atomic mass is 31.2. The zero-order chi connectivity index (χ0) is 82.0. The minimum Gasteiger partial charge on any atom is -0.466 e. The molecule has 0 fully saturated rings. The molecule has 0 aromatic rings. The second-order valence-corrected chi connectivity index (χ2v) is 27.1. The first kappa shape index (κ1) is 112. The van der Waals surface area contributed by atoms with Crippen LogP contribution in [0.2, 0.25) is 0 Å². The molecule has 103 heavy (non-hydrogen) atoms. The van der Waals surface area contributed by atoms with E-state index in [9.17, 15) is 45.3 Å². The second kappa shape index (κ2) is 55.9. The van der Waals surface area contributed by atoms with E-state index in [0.717, 1.165) is 12.2 Å². The van der Waals surface area contributed by atoms with E-state index in [1.165, 1.54) is 0 Å². The number of carbonyl (C=O) groups excluding carboxylic acids is 3. The Morgan fingerprint density at radius 1 is 0.320 bits per heavy atom. The lowest BCUT2D eigenvalue weighted by Crippen LogP contribution is -2.98. The summed E-state index contributed by atoms with van der Waals surface area (Å²) in [4.78, 5) is 31.0. The summed E-state index contributed by atoms with van der Waals surface area (Å²) in [5.41, 5.74) is 0. The van der Waals surface area contributed by atoms with E-state index in [-0.39, 0.29) is 45.3 Å². The maximum atomic E-state index is 11.8. The summed E-state index contributed by atoms with van der Waals surface area (Å²) in [7, 11) is 231. The van der Waals surface area contributed by atoms with Crippen LogP contribution < -0.4 is 0 Å². The van der Waals surface area contributed by atoms with Crippen molar-refractivity contribution >= 4 is 507 Å². The average molecular weight is 1280 g/mol. The second-order valence-electron chi connectivity index (χ2n) is 25.1. The minimum atomic E-state index is -4.18. The Bertz CT molecular complexity index is 2140. The van der Waals surface area contributed by atoms with E-state index in [1.54, 1.807) is 27.7 Å². The predicted octanol–water partition coefficient (Wildman–Crippen LogP) is -20.1. The highest BCUT2D eigenvalue weighted by molar-refractivity contribution is 8.39. The number of esters is 2. The summed E-state index contributed by atoms with van der Waals surface area (Å²) >= 11 is 0. The van der Waals surface area contributed by atoms with Gasteiger partial charge in [-0.05, 0) is 34.1 Å². The number of hydrogen-bond donors (Lipinski definition) is 0. The predicted molar refractivity (Wildman–Crippen MR) is 506 cm³/mol.